The highest BCUT2D eigenvalue weighted by atomic mass is 16.4. The molecule has 0 unspecified atom stereocenters. The van der Waals surface area contributed by atoms with E-state index in [9.17, 15) is 5.11 Å². The highest BCUT2D eigenvalue weighted by molar-refractivity contribution is 5.62. The van der Waals surface area contributed by atoms with E-state index in [0.717, 1.165) is 31.7 Å². The summed E-state index contributed by atoms with van der Waals surface area (Å²) in [7, 11) is 0. The SMILES string of the molecule is CC(=O)O.CC(C)(C)Cc1cc(CC(C)(C)C)c(CO)c(CC(C)(C)C)c1. The van der Waals surface area contributed by atoms with Gasteiger partial charge in [-0.05, 0) is 57.8 Å². The van der Waals surface area contributed by atoms with Crippen LogP contribution in [0.5, 0.6) is 0 Å². The molecule has 0 saturated heterocycles. The number of carbonyl (C=O) groups is 1. The molecule has 27 heavy (non-hydrogen) atoms. The fourth-order valence-electron chi connectivity index (χ4n) is 3.25. The van der Waals surface area contributed by atoms with Crippen LogP contribution in [0.1, 0.15) is 91.5 Å². The van der Waals surface area contributed by atoms with Crippen LogP contribution in [-0.2, 0) is 30.7 Å². The van der Waals surface area contributed by atoms with Crippen LogP contribution < -0.4 is 0 Å². The van der Waals surface area contributed by atoms with Crippen molar-refractivity contribution in [1.82, 2.24) is 0 Å². The Hall–Kier alpha value is -1.35. The summed E-state index contributed by atoms with van der Waals surface area (Å²) in [5, 5.41) is 17.4. The van der Waals surface area contributed by atoms with Crippen LogP contribution >= 0.6 is 0 Å². The van der Waals surface area contributed by atoms with E-state index in [1.54, 1.807) is 0 Å². The Morgan fingerprint density at radius 1 is 0.778 bits per heavy atom. The van der Waals surface area contributed by atoms with Crippen LogP contribution in [0.4, 0.5) is 0 Å². The predicted octanol–water partition coefficient (Wildman–Crippen LogP) is 6.04. The first-order chi connectivity index (χ1) is 11.9. The Morgan fingerprint density at radius 3 is 1.30 bits per heavy atom. The van der Waals surface area contributed by atoms with E-state index in [1.807, 2.05) is 0 Å². The van der Waals surface area contributed by atoms with Crippen molar-refractivity contribution >= 4 is 5.97 Å². The number of carboxylic acid groups (broad SMARTS) is 1. The van der Waals surface area contributed by atoms with Crippen molar-refractivity contribution in [3.8, 4) is 0 Å². The normalized spacial score (nSPS) is 12.4. The number of hydrogen-bond acceptors (Lipinski definition) is 2. The van der Waals surface area contributed by atoms with E-state index in [-0.39, 0.29) is 22.9 Å². The van der Waals surface area contributed by atoms with Crippen LogP contribution in [0.15, 0.2) is 12.1 Å². The Balaban J connectivity index is 0.00000153. The van der Waals surface area contributed by atoms with E-state index >= 15 is 0 Å². The fraction of sp³-hybridized carbons (Fsp3) is 0.708. The molecule has 0 aliphatic heterocycles. The smallest absolute Gasteiger partial charge is 0.300 e. The summed E-state index contributed by atoms with van der Waals surface area (Å²) < 4.78 is 0. The Morgan fingerprint density at radius 2 is 1.07 bits per heavy atom. The molecule has 3 heteroatoms. The highest BCUT2D eigenvalue weighted by Gasteiger charge is 2.21. The molecule has 0 bridgehead atoms. The maximum Gasteiger partial charge on any atom is 0.300 e. The molecule has 3 nitrogen and oxygen atoms in total. The second-order valence-corrected chi connectivity index (χ2v) is 11.3. The molecular weight excluding hydrogens is 336 g/mol. The molecule has 0 saturated carbocycles. The fourth-order valence-corrected chi connectivity index (χ4v) is 3.25. The van der Waals surface area contributed by atoms with Crippen LogP contribution in [0.3, 0.4) is 0 Å². The lowest BCUT2D eigenvalue weighted by molar-refractivity contribution is -0.134. The molecule has 0 aliphatic carbocycles. The molecule has 0 amide bonds. The first-order valence-corrected chi connectivity index (χ1v) is 9.87. The third-order valence-electron chi connectivity index (χ3n) is 3.83. The van der Waals surface area contributed by atoms with Gasteiger partial charge in [-0.3, -0.25) is 4.79 Å². The Bertz CT molecular complexity index is 567. The van der Waals surface area contributed by atoms with Gasteiger partial charge in [0.25, 0.3) is 5.97 Å². The molecule has 156 valence electrons. The molecule has 0 radical (unpaired) electrons. The number of benzene rings is 1. The number of carboxylic acids is 1. The number of aliphatic hydroxyl groups excluding tert-OH is 1. The molecule has 0 aromatic heterocycles. The Labute approximate surface area is 167 Å². The maximum absolute atomic E-state index is 10.0. The minimum absolute atomic E-state index is 0.145. The van der Waals surface area contributed by atoms with Crippen molar-refractivity contribution in [2.45, 2.75) is 95.1 Å². The van der Waals surface area contributed by atoms with Crippen molar-refractivity contribution in [3.05, 3.63) is 34.4 Å². The molecule has 1 aromatic rings. The minimum atomic E-state index is -0.833. The van der Waals surface area contributed by atoms with Gasteiger partial charge in [0.2, 0.25) is 0 Å². The van der Waals surface area contributed by atoms with Crippen molar-refractivity contribution < 1.29 is 15.0 Å². The van der Waals surface area contributed by atoms with Crippen LogP contribution in [0, 0.1) is 16.2 Å². The summed E-state index contributed by atoms with van der Waals surface area (Å²) in [6, 6.07) is 4.68. The van der Waals surface area contributed by atoms with Gasteiger partial charge in [0, 0.05) is 6.92 Å². The molecule has 0 spiro atoms. The van der Waals surface area contributed by atoms with Gasteiger partial charge < -0.3 is 10.2 Å². The van der Waals surface area contributed by atoms with E-state index in [0.29, 0.717) is 0 Å². The summed E-state index contributed by atoms with van der Waals surface area (Å²) in [6.45, 7) is 21.7. The van der Waals surface area contributed by atoms with Crippen LogP contribution in [0.2, 0.25) is 0 Å². The maximum atomic E-state index is 10.0. The average molecular weight is 379 g/mol. The predicted molar refractivity (Wildman–Crippen MR) is 115 cm³/mol. The number of rotatable bonds is 4. The van der Waals surface area contributed by atoms with Crippen molar-refractivity contribution in [1.29, 1.82) is 0 Å². The van der Waals surface area contributed by atoms with Gasteiger partial charge in [0.15, 0.2) is 0 Å². The molecule has 1 rings (SSSR count). The summed E-state index contributed by atoms with van der Waals surface area (Å²) >= 11 is 0. The number of aliphatic carboxylic acids is 1. The lowest BCUT2D eigenvalue weighted by Gasteiger charge is -2.27. The van der Waals surface area contributed by atoms with Gasteiger partial charge in [-0.25, -0.2) is 0 Å². The zero-order valence-corrected chi connectivity index (χ0v) is 19.3. The van der Waals surface area contributed by atoms with E-state index < -0.39 is 5.97 Å². The molecule has 0 fully saturated rings. The monoisotopic (exact) mass is 378 g/mol. The topological polar surface area (TPSA) is 57.5 Å². The average Bonchev–Trinajstić information content (AvgIpc) is 2.31. The van der Waals surface area contributed by atoms with Gasteiger partial charge in [0.05, 0.1) is 6.61 Å². The first-order valence-electron chi connectivity index (χ1n) is 9.87. The summed E-state index contributed by atoms with van der Waals surface area (Å²) in [5.41, 5.74) is 5.97. The number of hydrogen-bond donors (Lipinski definition) is 2. The van der Waals surface area contributed by atoms with Crippen LogP contribution in [-0.4, -0.2) is 16.2 Å². The van der Waals surface area contributed by atoms with E-state index in [2.05, 4.69) is 74.4 Å². The van der Waals surface area contributed by atoms with E-state index in [1.165, 1.54) is 16.7 Å². The third-order valence-corrected chi connectivity index (χ3v) is 3.83. The van der Waals surface area contributed by atoms with Crippen molar-refractivity contribution in [3.63, 3.8) is 0 Å². The summed E-state index contributed by atoms with van der Waals surface area (Å²) in [4.78, 5) is 9.00. The molecule has 0 aliphatic rings. The quantitative estimate of drug-likeness (QED) is 0.672. The third kappa shape index (κ3) is 12.6. The van der Waals surface area contributed by atoms with Gasteiger partial charge in [-0.15, -0.1) is 0 Å². The molecule has 0 atom stereocenters. The molecular formula is C24H42O3. The summed E-state index contributed by atoms with van der Waals surface area (Å²) in [5.74, 6) is -0.833. The second kappa shape index (κ2) is 9.73. The molecule has 0 heterocycles. The van der Waals surface area contributed by atoms with Gasteiger partial charge in [0.1, 0.15) is 0 Å². The van der Waals surface area contributed by atoms with E-state index in [4.69, 9.17) is 9.90 Å². The highest BCUT2D eigenvalue weighted by Crippen LogP contribution is 2.32. The Kier molecular flexibility index (Phi) is 9.24. The van der Waals surface area contributed by atoms with Gasteiger partial charge in [-0.1, -0.05) is 74.4 Å². The molecule has 2 N–H and O–H groups in total. The standard InChI is InChI=1S/C22H38O.C2H4O2/c1-20(2,3)12-16-10-17(13-21(4,5)6)19(15-23)18(11-16)14-22(7,8)9;1-2(3)4/h10-11,23H,12-15H2,1-9H3;1H3,(H,3,4). The zero-order valence-electron chi connectivity index (χ0n) is 19.3. The van der Waals surface area contributed by atoms with Crippen molar-refractivity contribution in [2.75, 3.05) is 0 Å². The first kappa shape index (κ1) is 25.6. The lowest BCUT2D eigenvalue weighted by atomic mass is 9.78. The van der Waals surface area contributed by atoms with Crippen LogP contribution in [0.25, 0.3) is 0 Å². The minimum Gasteiger partial charge on any atom is -0.481 e. The number of aliphatic hydroxyl groups is 1. The van der Waals surface area contributed by atoms with Crippen molar-refractivity contribution in [2.24, 2.45) is 16.2 Å². The van der Waals surface area contributed by atoms with Gasteiger partial charge >= 0.3 is 0 Å². The zero-order chi connectivity index (χ0) is 21.6. The second-order valence-electron chi connectivity index (χ2n) is 11.3. The lowest BCUT2D eigenvalue weighted by Crippen LogP contribution is -2.17. The summed E-state index contributed by atoms with van der Waals surface area (Å²) in [6.07, 6.45) is 3.10. The molecule has 1 aromatic carbocycles. The largest absolute Gasteiger partial charge is 0.481 e. The van der Waals surface area contributed by atoms with Gasteiger partial charge in [-0.2, -0.15) is 0 Å².